The molecule has 0 aliphatic carbocycles. The van der Waals surface area contributed by atoms with Gasteiger partial charge in [0.25, 0.3) is 0 Å². The lowest BCUT2D eigenvalue weighted by molar-refractivity contribution is -0.259. The van der Waals surface area contributed by atoms with Crippen molar-refractivity contribution >= 4 is 71.6 Å². The van der Waals surface area contributed by atoms with Crippen LogP contribution in [0.5, 0.6) is 0 Å². The molecule has 0 saturated carbocycles. The van der Waals surface area contributed by atoms with Gasteiger partial charge in [0.2, 0.25) is 0 Å². The lowest BCUT2D eigenvalue weighted by Crippen LogP contribution is -2.30. The van der Waals surface area contributed by atoms with Crippen LogP contribution in [0.25, 0.3) is 0 Å². The molecule has 7 rings (SSSR count). The van der Waals surface area contributed by atoms with E-state index in [0.717, 1.165) is 12.1 Å². The fourth-order valence-electron chi connectivity index (χ4n) is 6.76. The van der Waals surface area contributed by atoms with Gasteiger partial charge in [-0.15, -0.1) is 0 Å². The molecule has 0 bridgehead atoms. The summed E-state index contributed by atoms with van der Waals surface area (Å²) in [6, 6.07) is 33.6. The van der Waals surface area contributed by atoms with Gasteiger partial charge in [-0.2, -0.15) is 0 Å². The summed E-state index contributed by atoms with van der Waals surface area (Å²) in [5.74, 6) is -16.2. The molecule has 0 aliphatic rings. The monoisotopic (exact) mass is 1190 g/mol. The van der Waals surface area contributed by atoms with E-state index in [1.807, 2.05) is 32.0 Å². The van der Waals surface area contributed by atoms with Crippen molar-refractivity contribution in [2.45, 2.75) is 62.3 Å². The molecule has 458 valence electrons. The van der Waals surface area contributed by atoms with Gasteiger partial charge in [-0.3, -0.25) is 0 Å². The smallest absolute Gasteiger partial charge is 0.335 e. The number of rotatable bonds is 12. The van der Waals surface area contributed by atoms with Crippen LogP contribution in [-0.2, 0) is 0 Å². The Hall–Kier alpha value is -11.8. The Labute approximate surface area is 496 Å². The molecule has 0 aliphatic heterocycles. The molecule has 7 aromatic rings. The van der Waals surface area contributed by atoms with E-state index < -0.39 is 71.6 Å². The molecule has 0 spiro atoms. The maximum absolute atomic E-state index is 10.6. The fraction of sp³-hybridized carbons (Fsp3) is 0.143. The first-order chi connectivity index (χ1) is 40.5. The summed E-state index contributed by atoms with van der Waals surface area (Å²) >= 11 is 0. The Bertz CT molecular complexity index is 3580. The summed E-state index contributed by atoms with van der Waals surface area (Å²) < 4.78 is 0. The van der Waals surface area contributed by atoms with E-state index in [1.54, 1.807) is 20.8 Å². The Morgan fingerprint density at radius 3 is 1.09 bits per heavy atom. The van der Waals surface area contributed by atoms with Crippen LogP contribution in [0.1, 0.15) is 177 Å². The number of aryl methyl sites for hydroxylation is 6. The molecule has 0 radical (unpaired) electrons. The SMILES string of the molecule is CC.Cc1c(C(=O)[O-])cccc1C(=O)O.Cc1cc(C(=O)[O-])cc(C(=O)[O-])c1.Cc1cc(C(=O)[O-])ccc1C(=O)[O-].Cc1ccc(C(=O)O)cc1C(=O)O.Cc1ccc(C(=O)[O-])c(C(=O)[O-])c1.Cc1cccc(C(=O)[O-])c1C(=O)[O-].Cc1ccccc1. The van der Waals surface area contributed by atoms with Crippen LogP contribution in [0.4, 0.5) is 0 Å². The number of aromatic carboxylic acids is 12. The normalized spacial score (nSPS) is 9.39. The number of carbonyl (C=O) groups is 12. The third kappa shape index (κ3) is 25.5. The number of hydrogen-bond acceptors (Lipinski definition) is 21. The maximum Gasteiger partial charge on any atom is 0.335 e. The van der Waals surface area contributed by atoms with Crippen LogP contribution in [-0.4, -0.2) is 87.0 Å². The summed E-state index contributed by atoms with van der Waals surface area (Å²) in [7, 11) is 0. The van der Waals surface area contributed by atoms with Gasteiger partial charge in [-0.25, -0.2) is 14.4 Å². The minimum absolute atomic E-state index is 0.00926. The van der Waals surface area contributed by atoms with Crippen molar-refractivity contribution < 1.29 is 119 Å². The number of carboxylic acid groups (broad SMARTS) is 12. The average Bonchev–Trinajstić information content (AvgIpc) is 3.38. The quantitative estimate of drug-likeness (QED) is 0.137. The van der Waals surface area contributed by atoms with Crippen molar-refractivity contribution in [1.29, 1.82) is 0 Å². The number of benzene rings is 7. The van der Waals surface area contributed by atoms with E-state index in [1.165, 1.54) is 123 Å². The van der Waals surface area contributed by atoms with Gasteiger partial charge < -0.3 is 104 Å². The van der Waals surface area contributed by atoms with Crippen LogP contribution < -0.4 is 46.0 Å². The van der Waals surface area contributed by atoms with Crippen LogP contribution in [0.2, 0.25) is 0 Å². The first-order valence-electron chi connectivity index (χ1n) is 24.8. The molecule has 0 amide bonds. The van der Waals surface area contributed by atoms with E-state index in [0.29, 0.717) is 27.8 Å². The van der Waals surface area contributed by atoms with Crippen molar-refractivity contribution in [3.8, 4) is 0 Å². The highest BCUT2D eigenvalue weighted by Crippen LogP contribution is 2.16. The third-order valence-corrected chi connectivity index (χ3v) is 11.0. The zero-order valence-corrected chi connectivity index (χ0v) is 47.7. The standard InChI is InChI=1S/6C9H8O4.C7H8.C2H6/c1-5-2-6(8(10)11)4-7(3-5)9(12)13;1-5-4-6(8(10)11)2-3-7(5)9(12)13;1-5-2-3-6(8(10)11)4-7(5)9(12)13;1-5-2-3-6(8(10)11)7(4-5)9(12)13;1-5-6(8(10)11)3-2-4-7(5)9(12)13;1-5-3-2-4-6(8(10)11)7(5)9(12)13;1-7-5-3-2-4-6-7;1-2/h6*2-4H,1H3,(H,10,11)(H,12,13);2-6H,1H3;1-2H3/p-9. The summed E-state index contributed by atoms with van der Waals surface area (Å²) in [5.41, 5.74) is 2.19. The molecule has 0 heterocycles. The van der Waals surface area contributed by atoms with Crippen molar-refractivity contribution in [3.63, 3.8) is 0 Å². The first kappa shape index (κ1) is 75.2. The minimum atomic E-state index is -1.51. The van der Waals surface area contributed by atoms with Gasteiger partial charge in [-0.05, 0) is 129 Å². The van der Waals surface area contributed by atoms with E-state index in [9.17, 15) is 103 Å². The van der Waals surface area contributed by atoms with Crippen molar-refractivity contribution in [1.82, 2.24) is 0 Å². The van der Waals surface area contributed by atoms with Crippen molar-refractivity contribution in [2.75, 3.05) is 0 Å². The minimum Gasteiger partial charge on any atom is -0.545 e. The van der Waals surface area contributed by atoms with Gasteiger partial charge in [0.05, 0.1) is 70.4 Å². The molecule has 24 nitrogen and oxygen atoms in total. The van der Waals surface area contributed by atoms with Crippen LogP contribution >= 0.6 is 0 Å². The van der Waals surface area contributed by atoms with E-state index in [2.05, 4.69) is 19.1 Å². The first-order valence-corrected chi connectivity index (χ1v) is 24.8. The second-order valence-corrected chi connectivity index (χ2v) is 17.3. The second-order valence-electron chi connectivity index (χ2n) is 17.3. The molecule has 0 aromatic heterocycles. The van der Waals surface area contributed by atoms with E-state index in [-0.39, 0.29) is 72.3 Å². The molecule has 7 aromatic carbocycles. The molecular formula is C63H53O24-9. The largest absolute Gasteiger partial charge is 0.545 e. The van der Waals surface area contributed by atoms with E-state index >= 15 is 0 Å². The second kappa shape index (κ2) is 36.6. The number of carbonyl (C=O) groups excluding carboxylic acids is 9. The van der Waals surface area contributed by atoms with Gasteiger partial charge in [0.1, 0.15) is 0 Å². The summed E-state index contributed by atoms with van der Waals surface area (Å²) in [6.07, 6.45) is 0. The van der Waals surface area contributed by atoms with Crippen molar-refractivity contribution in [2.24, 2.45) is 0 Å². The number of hydrogen-bond donors (Lipinski definition) is 3. The molecule has 0 atom stereocenters. The zero-order chi connectivity index (χ0) is 67.2. The predicted molar refractivity (Wildman–Crippen MR) is 289 cm³/mol. The van der Waals surface area contributed by atoms with Crippen molar-refractivity contribution in [3.05, 3.63) is 245 Å². The highest BCUT2D eigenvalue weighted by atomic mass is 16.4. The lowest BCUT2D eigenvalue weighted by Gasteiger charge is -2.13. The molecule has 0 saturated heterocycles. The van der Waals surface area contributed by atoms with E-state index in [4.69, 9.17) is 15.3 Å². The summed E-state index contributed by atoms with van der Waals surface area (Å²) in [5, 5.41) is 120. The van der Waals surface area contributed by atoms with Gasteiger partial charge in [0.15, 0.2) is 0 Å². The third-order valence-electron chi connectivity index (χ3n) is 11.0. The average molecular weight is 1190 g/mol. The summed E-state index contributed by atoms with van der Waals surface area (Å²) in [6.45, 7) is 15.4. The van der Waals surface area contributed by atoms with Gasteiger partial charge in [0, 0.05) is 33.4 Å². The molecule has 3 N–H and O–H groups in total. The topological polar surface area (TPSA) is 473 Å². The fourth-order valence-corrected chi connectivity index (χ4v) is 6.76. The van der Waals surface area contributed by atoms with Crippen LogP contribution in [0, 0.1) is 48.5 Å². The van der Waals surface area contributed by atoms with Crippen LogP contribution in [0.15, 0.2) is 140 Å². The van der Waals surface area contributed by atoms with Crippen LogP contribution in [0.3, 0.4) is 0 Å². The van der Waals surface area contributed by atoms with Gasteiger partial charge >= 0.3 is 17.9 Å². The molecule has 24 heteroatoms. The Morgan fingerprint density at radius 2 is 0.701 bits per heavy atom. The summed E-state index contributed by atoms with van der Waals surface area (Å²) in [4.78, 5) is 126. The Kier molecular flexibility index (Phi) is 31.6. The lowest BCUT2D eigenvalue weighted by atomic mass is 10.0. The zero-order valence-electron chi connectivity index (χ0n) is 47.7. The molecule has 0 fully saturated rings. The Balaban J connectivity index is 0.000000992. The molecule has 0 unspecified atom stereocenters. The molecule has 87 heavy (non-hydrogen) atoms. The molecular weight excluding hydrogens is 1140 g/mol. The highest BCUT2D eigenvalue weighted by molar-refractivity contribution is 6.02. The number of carboxylic acids is 12. The predicted octanol–water partition coefficient (Wildman–Crippen LogP) is -0.643. The van der Waals surface area contributed by atoms with Gasteiger partial charge in [-0.1, -0.05) is 128 Å². The maximum atomic E-state index is 10.6. The Morgan fingerprint density at radius 1 is 0.264 bits per heavy atom. The highest BCUT2D eigenvalue weighted by Gasteiger charge is 2.12.